The van der Waals surface area contributed by atoms with Crippen molar-refractivity contribution in [1.82, 2.24) is 0 Å². The average molecular weight is 198 g/mol. The minimum Gasteiger partial charge on any atom is -0.308 e. The molecule has 1 rings (SSSR count). The number of allylic oxidation sites excluding steroid dienone is 6. The maximum absolute atomic E-state index is 6.98. The number of nitrogens with one attached hydrogen (secondary N) is 1. The Bertz CT molecular complexity index is 223. The molecule has 0 bridgehead atoms. The third-order valence-corrected chi connectivity index (χ3v) is 1.86. The fourth-order valence-electron chi connectivity index (χ4n) is 0.727. The summed E-state index contributed by atoms with van der Waals surface area (Å²) < 4.78 is 1.08. The Hall–Kier alpha value is -0.630. The fraction of sp³-hybridized carbons (Fsp3) is 0.125. The third-order valence-electron chi connectivity index (χ3n) is 1.27. The van der Waals surface area contributed by atoms with E-state index in [2.05, 4.69) is 22.0 Å². The highest BCUT2D eigenvalue weighted by Crippen LogP contribution is 2.13. The molecule has 0 aliphatic heterocycles. The van der Waals surface area contributed by atoms with Crippen LogP contribution in [0.4, 0.5) is 0 Å². The van der Waals surface area contributed by atoms with E-state index in [1.807, 2.05) is 18.2 Å². The standard InChI is InChI=1S/C8H8BrN/c9-8-3-1-2-7(6-10)4-5-8/h2-6,10H,1H2. The molecule has 1 aliphatic carbocycles. The van der Waals surface area contributed by atoms with Gasteiger partial charge >= 0.3 is 0 Å². The first-order chi connectivity index (χ1) is 4.83. The van der Waals surface area contributed by atoms with Crippen LogP contribution < -0.4 is 0 Å². The second-order valence-electron chi connectivity index (χ2n) is 2.01. The van der Waals surface area contributed by atoms with E-state index in [0.717, 1.165) is 16.5 Å². The first kappa shape index (κ1) is 7.48. The number of hydrogen-bond donors (Lipinski definition) is 1. The van der Waals surface area contributed by atoms with Crippen LogP contribution in [0.5, 0.6) is 0 Å². The predicted molar refractivity (Wildman–Crippen MR) is 47.6 cm³/mol. The van der Waals surface area contributed by atoms with Gasteiger partial charge in [0, 0.05) is 10.7 Å². The number of hydrogen-bond acceptors (Lipinski definition) is 1. The summed E-state index contributed by atoms with van der Waals surface area (Å²) in [6, 6.07) is 0. The first-order valence-corrected chi connectivity index (χ1v) is 3.86. The van der Waals surface area contributed by atoms with E-state index in [-0.39, 0.29) is 0 Å². The lowest BCUT2D eigenvalue weighted by Crippen LogP contribution is -1.74. The third kappa shape index (κ3) is 1.95. The van der Waals surface area contributed by atoms with E-state index in [0.29, 0.717) is 0 Å². The Morgan fingerprint density at radius 3 is 2.90 bits per heavy atom. The zero-order valence-corrected chi connectivity index (χ0v) is 7.06. The molecule has 1 N–H and O–H groups in total. The van der Waals surface area contributed by atoms with E-state index in [9.17, 15) is 0 Å². The molecule has 0 saturated heterocycles. The van der Waals surface area contributed by atoms with Gasteiger partial charge in [0.05, 0.1) is 0 Å². The first-order valence-electron chi connectivity index (χ1n) is 3.07. The van der Waals surface area contributed by atoms with Gasteiger partial charge in [-0.1, -0.05) is 34.2 Å². The van der Waals surface area contributed by atoms with Crippen LogP contribution in [0.2, 0.25) is 0 Å². The molecule has 1 aliphatic rings. The highest BCUT2D eigenvalue weighted by atomic mass is 79.9. The van der Waals surface area contributed by atoms with E-state index >= 15 is 0 Å². The fourth-order valence-corrected chi connectivity index (χ4v) is 1.05. The lowest BCUT2D eigenvalue weighted by molar-refractivity contribution is 1.38. The molecule has 0 atom stereocenters. The lowest BCUT2D eigenvalue weighted by atomic mass is 10.2. The molecule has 0 radical (unpaired) electrons. The number of rotatable bonds is 1. The Morgan fingerprint density at radius 1 is 1.40 bits per heavy atom. The van der Waals surface area contributed by atoms with E-state index in [1.165, 1.54) is 6.21 Å². The van der Waals surface area contributed by atoms with Crippen LogP contribution in [0.1, 0.15) is 6.42 Å². The molecule has 2 heteroatoms. The van der Waals surface area contributed by atoms with Gasteiger partial charge in [0.2, 0.25) is 0 Å². The zero-order valence-electron chi connectivity index (χ0n) is 5.47. The van der Waals surface area contributed by atoms with Gasteiger partial charge in [0.25, 0.3) is 0 Å². The topological polar surface area (TPSA) is 23.9 Å². The van der Waals surface area contributed by atoms with Gasteiger partial charge in [-0.05, 0) is 18.1 Å². The van der Waals surface area contributed by atoms with Gasteiger partial charge < -0.3 is 5.41 Å². The molecule has 0 unspecified atom stereocenters. The summed E-state index contributed by atoms with van der Waals surface area (Å²) in [5.74, 6) is 0. The molecule has 0 spiro atoms. The van der Waals surface area contributed by atoms with Crippen molar-refractivity contribution in [1.29, 1.82) is 5.41 Å². The summed E-state index contributed by atoms with van der Waals surface area (Å²) in [7, 11) is 0. The molecule has 0 aromatic rings. The van der Waals surface area contributed by atoms with Gasteiger partial charge in [-0.3, -0.25) is 0 Å². The smallest absolute Gasteiger partial charge is 0.0247 e. The highest BCUT2D eigenvalue weighted by molar-refractivity contribution is 9.11. The van der Waals surface area contributed by atoms with Crippen LogP contribution in [-0.2, 0) is 0 Å². The van der Waals surface area contributed by atoms with Crippen molar-refractivity contribution < 1.29 is 0 Å². The lowest BCUT2D eigenvalue weighted by Gasteiger charge is -1.84. The van der Waals surface area contributed by atoms with Gasteiger partial charge in [-0.25, -0.2) is 0 Å². The van der Waals surface area contributed by atoms with Crippen molar-refractivity contribution in [3.05, 3.63) is 34.4 Å². The summed E-state index contributed by atoms with van der Waals surface area (Å²) >= 11 is 3.36. The Kier molecular flexibility index (Phi) is 2.63. The summed E-state index contributed by atoms with van der Waals surface area (Å²) in [6.07, 6.45) is 10.2. The molecule has 0 saturated carbocycles. The molecule has 0 aromatic carbocycles. The maximum atomic E-state index is 6.98. The van der Waals surface area contributed by atoms with E-state index < -0.39 is 0 Å². The minimum absolute atomic E-state index is 0.901. The molecule has 52 valence electrons. The van der Waals surface area contributed by atoms with Crippen LogP contribution in [-0.4, -0.2) is 6.21 Å². The van der Waals surface area contributed by atoms with Crippen molar-refractivity contribution in [2.45, 2.75) is 6.42 Å². The predicted octanol–water partition coefficient (Wildman–Crippen LogP) is 2.80. The van der Waals surface area contributed by atoms with Crippen molar-refractivity contribution in [3.8, 4) is 0 Å². The second-order valence-corrected chi connectivity index (χ2v) is 2.92. The summed E-state index contributed by atoms with van der Waals surface area (Å²) in [5, 5.41) is 6.98. The van der Waals surface area contributed by atoms with Gasteiger partial charge in [0.1, 0.15) is 0 Å². The largest absolute Gasteiger partial charge is 0.308 e. The molecule has 0 amide bonds. The van der Waals surface area contributed by atoms with Crippen LogP contribution >= 0.6 is 15.9 Å². The van der Waals surface area contributed by atoms with Crippen LogP contribution in [0.3, 0.4) is 0 Å². The molecular weight excluding hydrogens is 190 g/mol. The molecule has 0 fully saturated rings. The van der Waals surface area contributed by atoms with E-state index in [1.54, 1.807) is 0 Å². The maximum Gasteiger partial charge on any atom is 0.0247 e. The monoisotopic (exact) mass is 197 g/mol. The Morgan fingerprint density at radius 2 is 2.20 bits per heavy atom. The summed E-state index contributed by atoms with van der Waals surface area (Å²) in [4.78, 5) is 0. The average Bonchev–Trinajstić information content (AvgIpc) is 2.14. The highest BCUT2D eigenvalue weighted by Gasteiger charge is 1.91. The molecule has 0 heterocycles. The Labute approximate surface area is 68.8 Å². The van der Waals surface area contributed by atoms with Gasteiger partial charge in [-0.2, -0.15) is 0 Å². The van der Waals surface area contributed by atoms with Crippen LogP contribution in [0.15, 0.2) is 34.4 Å². The van der Waals surface area contributed by atoms with Crippen molar-refractivity contribution in [2.24, 2.45) is 0 Å². The van der Waals surface area contributed by atoms with Crippen molar-refractivity contribution >= 4 is 22.1 Å². The van der Waals surface area contributed by atoms with Crippen LogP contribution in [0, 0.1) is 5.41 Å². The van der Waals surface area contributed by atoms with Gasteiger partial charge in [-0.15, -0.1) is 0 Å². The van der Waals surface area contributed by atoms with Crippen LogP contribution in [0.25, 0.3) is 0 Å². The van der Waals surface area contributed by atoms with Gasteiger partial charge in [0.15, 0.2) is 0 Å². The minimum atomic E-state index is 0.901. The Balaban J connectivity index is 2.78. The molecule has 0 aromatic heterocycles. The number of halogens is 1. The van der Waals surface area contributed by atoms with Crippen molar-refractivity contribution in [2.75, 3.05) is 0 Å². The van der Waals surface area contributed by atoms with Crippen molar-refractivity contribution in [3.63, 3.8) is 0 Å². The van der Waals surface area contributed by atoms with E-state index in [4.69, 9.17) is 5.41 Å². The SMILES string of the molecule is N=CC1=CCC=C(Br)C=C1. The molecule has 1 nitrogen and oxygen atoms in total. The normalized spacial score (nSPS) is 17.3. The molecule has 10 heavy (non-hydrogen) atoms. The molecular formula is C8H8BrN. The quantitative estimate of drug-likeness (QED) is 0.626. The second kappa shape index (κ2) is 3.52. The summed E-state index contributed by atoms with van der Waals surface area (Å²) in [6.45, 7) is 0. The summed E-state index contributed by atoms with van der Waals surface area (Å²) in [5.41, 5.74) is 0.964. The zero-order chi connectivity index (χ0) is 7.40.